The van der Waals surface area contributed by atoms with Crippen LogP contribution in [0.15, 0.2) is 18.2 Å². The molecule has 96 valence electrons. The molecule has 5 heteroatoms. The first-order valence-corrected chi connectivity index (χ1v) is 5.30. The molecule has 17 heavy (non-hydrogen) atoms. The van der Waals surface area contributed by atoms with Gasteiger partial charge < -0.3 is 10.5 Å². The van der Waals surface area contributed by atoms with Gasteiger partial charge >= 0.3 is 6.18 Å². The third-order valence-electron chi connectivity index (χ3n) is 2.11. The molecule has 1 rings (SSSR count). The summed E-state index contributed by atoms with van der Waals surface area (Å²) in [6.45, 7) is 3.88. The largest absolute Gasteiger partial charge is 0.416 e. The van der Waals surface area contributed by atoms with E-state index in [2.05, 4.69) is 0 Å². The van der Waals surface area contributed by atoms with Crippen molar-refractivity contribution in [3.8, 4) is 0 Å². The summed E-state index contributed by atoms with van der Waals surface area (Å²) in [5.74, 6) is 0. The smallest absolute Gasteiger partial charge is 0.375 e. The van der Waals surface area contributed by atoms with Crippen LogP contribution in [0.2, 0.25) is 0 Å². The van der Waals surface area contributed by atoms with E-state index in [0.717, 1.165) is 12.1 Å². The van der Waals surface area contributed by atoms with E-state index >= 15 is 0 Å². The fourth-order valence-electron chi connectivity index (χ4n) is 1.47. The molecular formula is C12H16F3NO. The Morgan fingerprint density at radius 1 is 1.29 bits per heavy atom. The molecule has 2 nitrogen and oxygen atoms in total. The topological polar surface area (TPSA) is 35.2 Å². The van der Waals surface area contributed by atoms with Crippen molar-refractivity contribution in [2.45, 2.75) is 32.7 Å². The Morgan fingerprint density at radius 2 is 1.94 bits per heavy atom. The summed E-state index contributed by atoms with van der Waals surface area (Å²) in [4.78, 5) is 0. The molecule has 0 spiro atoms. The average molecular weight is 247 g/mol. The molecule has 2 N–H and O–H groups in total. The van der Waals surface area contributed by atoms with E-state index in [1.165, 1.54) is 0 Å². The van der Waals surface area contributed by atoms with E-state index in [0.29, 0.717) is 17.7 Å². The van der Waals surface area contributed by atoms with E-state index < -0.39 is 11.7 Å². The second-order valence-corrected chi connectivity index (χ2v) is 4.20. The van der Waals surface area contributed by atoms with Crippen molar-refractivity contribution in [3.63, 3.8) is 0 Å². The molecule has 0 saturated carbocycles. The van der Waals surface area contributed by atoms with Crippen molar-refractivity contribution in [2.75, 3.05) is 6.61 Å². The van der Waals surface area contributed by atoms with Crippen LogP contribution in [0, 0.1) is 6.92 Å². The minimum atomic E-state index is -4.32. The quantitative estimate of drug-likeness (QED) is 0.887. The monoisotopic (exact) mass is 247 g/mol. The number of rotatable bonds is 4. The zero-order valence-corrected chi connectivity index (χ0v) is 9.84. The Kier molecular flexibility index (Phi) is 4.54. The molecule has 0 saturated heterocycles. The first-order valence-electron chi connectivity index (χ1n) is 5.30. The number of hydrogen-bond acceptors (Lipinski definition) is 2. The molecule has 0 bridgehead atoms. The maximum absolute atomic E-state index is 12.5. The van der Waals surface area contributed by atoms with Crippen molar-refractivity contribution < 1.29 is 17.9 Å². The van der Waals surface area contributed by atoms with Gasteiger partial charge in [-0.1, -0.05) is 11.6 Å². The normalized spacial score (nSPS) is 13.8. The van der Waals surface area contributed by atoms with Crippen LogP contribution in [0.3, 0.4) is 0 Å². The van der Waals surface area contributed by atoms with Crippen molar-refractivity contribution >= 4 is 0 Å². The van der Waals surface area contributed by atoms with Gasteiger partial charge in [-0.05, 0) is 31.5 Å². The molecule has 0 aliphatic rings. The summed E-state index contributed by atoms with van der Waals surface area (Å²) in [5, 5.41) is 0. The van der Waals surface area contributed by atoms with Crippen LogP contribution in [0.25, 0.3) is 0 Å². The molecule has 1 aromatic rings. The van der Waals surface area contributed by atoms with E-state index in [1.54, 1.807) is 19.9 Å². The number of hydrogen-bond donors (Lipinski definition) is 1. The minimum absolute atomic E-state index is 0.123. The lowest BCUT2D eigenvalue weighted by molar-refractivity contribution is -0.137. The summed E-state index contributed by atoms with van der Waals surface area (Å²) < 4.78 is 42.8. The standard InChI is InChI=1S/C12H16F3NO/c1-8-3-10(7-17-6-9(2)16)5-11(4-8)12(13,14)15/h3-5,9H,6-7,16H2,1-2H3/t9-/m0/s1. The highest BCUT2D eigenvalue weighted by atomic mass is 19.4. The number of aryl methyl sites for hydroxylation is 1. The van der Waals surface area contributed by atoms with E-state index in [1.807, 2.05) is 0 Å². The summed E-state index contributed by atoms with van der Waals surface area (Å²) in [5.41, 5.74) is 5.92. The maximum Gasteiger partial charge on any atom is 0.416 e. The van der Waals surface area contributed by atoms with Gasteiger partial charge in [0.15, 0.2) is 0 Å². The molecule has 0 aliphatic heterocycles. The molecule has 0 aromatic heterocycles. The summed E-state index contributed by atoms with van der Waals surface area (Å²) in [6.07, 6.45) is -4.32. The highest BCUT2D eigenvalue weighted by Crippen LogP contribution is 2.30. The second-order valence-electron chi connectivity index (χ2n) is 4.20. The lowest BCUT2D eigenvalue weighted by atomic mass is 10.1. The van der Waals surface area contributed by atoms with Gasteiger partial charge in [0.2, 0.25) is 0 Å². The minimum Gasteiger partial charge on any atom is -0.375 e. The fourth-order valence-corrected chi connectivity index (χ4v) is 1.47. The maximum atomic E-state index is 12.5. The summed E-state index contributed by atoms with van der Waals surface area (Å²) >= 11 is 0. The van der Waals surface area contributed by atoms with Gasteiger partial charge in [0.05, 0.1) is 18.8 Å². The number of alkyl halides is 3. The highest BCUT2D eigenvalue weighted by Gasteiger charge is 2.30. The van der Waals surface area contributed by atoms with Gasteiger partial charge in [0.1, 0.15) is 0 Å². The molecule has 0 unspecified atom stereocenters. The Labute approximate surface area is 98.6 Å². The van der Waals surface area contributed by atoms with Crippen LogP contribution < -0.4 is 5.73 Å². The molecule has 0 heterocycles. The van der Waals surface area contributed by atoms with Gasteiger partial charge in [-0.2, -0.15) is 13.2 Å². The number of ether oxygens (including phenoxy) is 1. The third-order valence-corrected chi connectivity index (χ3v) is 2.11. The molecule has 1 aromatic carbocycles. The SMILES string of the molecule is Cc1cc(COC[C@H](C)N)cc(C(F)(F)F)c1. The zero-order valence-electron chi connectivity index (χ0n) is 9.84. The van der Waals surface area contributed by atoms with Crippen LogP contribution in [-0.2, 0) is 17.5 Å². The predicted molar refractivity (Wildman–Crippen MR) is 59.5 cm³/mol. The van der Waals surface area contributed by atoms with Crippen LogP contribution in [0.1, 0.15) is 23.6 Å². The first kappa shape index (κ1) is 14.0. The van der Waals surface area contributed by atoms with Gasteiger partial charge in [-0.3, -0.25) is 0 Å². The van der Waals surface area contributed by atoms with E-state index in [-0.39, 0.29) is 12.6 Å². The summed E-state index contributed by atoms with van der Waals surface area (Å²) in [7, 11) is 0. The molecule has 1 atom stereocenters. The Morgan fingerprint density at radius 3 is 2.47 bits per heavy atom. The van der Waals surface area contributed by atoms with Crippen molar-refractivity contribution in [1.82, 2.24) is 0 Å². The molecule has 0 amide bonds. The lowest BCUT2D eigenvalue weighted by Crippen LogP contribution is -2.21. The van der Waals surface area contributed by atoms with Crippen LogP contribution in [0.4, 0.5) is 13.2 Å². The molecule has 0 radical (unpaired) electrons. The van der Waals surface area contributed by atoms with Crippen LogP contribution >= 0.6 is 0 Å². The third kappa shape index (κ3) is 4.75. The highest BCUT2D eigenvalue weighted by molar-refractivity contribution is 5.30. The van der Waals surface area contributed by atoms with Gasteiger partial charge in [-0.15, -0.1) is 0 Å². The van der Waals surface area contributed by atoms with Crippen molar-refractivity contribution in [2.24, 2.45) is 5.73 Å². The molecular weight excluding hydrogens is 231 g/mol. The number of nitrogens with two attached hydrogens (primary N) is 1. The lowest BCUT2D eigenvalue weighted by Gasteiger charge is -2.11. The fraction of sp³-hybridized carbons (Fsp3) is 0.500. The van der Waals surface area contributed by atoms with E-state index in [9.17, 15) is 13.2 Å². The zero-order chi connectivity index (χ0) is 13.1. The van der Waals surface area contributed by atoms with Crippen molar-refractivity contribution in [3.05, 3.63) is 34.9 Å². The predicted octanol–water partition coefficient (Wildman–Crippen LogP) is 2.88. The molecule has 0 fully saturated rings. The van der Waals surface area contributed by atoms with Crippen LogP contribution in [0.5, 0.6) is 0 Å². The molecule has 0 aliphatic carbocycles. The first-order chi connectivity index (χ1) is 7.79. The number of halogens is 3. The Bertz CT molecular complexity index is 375. The summed E-state index contributed by atoms with van der Waals surface area (Å²) in [6, 6.07) is 3.78. The number of benzene rings is 1. The van der Waals surface area contributed by atoms with Gasteiger partial charge in [0, 0.05) is 6.04 Å². The Hall–Kier alpha value is -1.07. The van der Waals surface area contributed by atoms with E-state index in [4.69, 9.17) is 10.5 Å². The average Bonchev–Trinajstić information content (AvgIpc) is 2.14. The second kappa shape index (κ2) is 5.51. The Balaban J connectivity index is 2.76. The van der Waals surface area contributed by atoms with Gasteiger partial charge in [-0.25, -0.2) is 0 Å². The van der Waals surface area contributed by atoms with Crippen LogP contribution in [-0.4, -0.2) is 12.6 Å². The van der Waals surface area contributed by atoms with Gasteiger partial charge in [0.25, 0.3) is 0 Å². The van der Waals surface area contributed by atoms with Crippen molar-refractivity contribution in [1.29, 1.82) is 0 Å².